The molecular formula is C18H16FNO. The molecular weight excluding hydrogens is 265 g/mol. The molecule has 0 saturated carbocycles. The molecule has 0 bridgehead atoms. The fraction of sp³-hybridized carbons (Fsp3) is 0.111. The zero-order chi connectivity index (χ0) is 14.7. The summed E-state index contributed by atoms with van der Waals surface area (Å²) in [6.07, 6.45) is 0. The average Bonchev–Trinajstić information content (AvgIpc) is 2.51. The quantitative estimate of drug-likeness (QED) is 0.760. The van der Waals surface area contributed by atoms with Crippen LogP contribution in [0.5, 0.6) is 11.5 Å². The summed E-state index contributed by atoms with van der Waals surface area (Å²) >= 11 is 0. The zero-order valence-corrected chi connectivity index (χ0v) is 11.8. The van der Waals surface area contributed by atoms with Gasteiger partial charge in [-0.3, -0.25) is 0 Å². The first-order chi connectivity index (χ1) is 10.3. The number of halogens is 1. The topological polar surface area (TPSA) is 21.3 Å². The summed E-state index contributed by atoms with van der Waals surface area (Å²) < 4.78 is 19.9. The minimum absolute atomic E-state index is 0.262. The number of fused-ring (bicyclic) bond motifs is 1. The third-order valence-corrected chi connectivity index (χ3v) is 3.40. The summed E-state index contributed by atoms with van der Waals surface area (Å²) in [5.74, 6) is 1.01. The molecule has 0 aliphatic rings. The molecule has 21 heavy (non-hydrogen) atoms. The lowest BCUT2D eigenvalue weighted by atomic mass is 10.1. The first-order valence-corrected chi connectivity index (χ1v) is 6.87. The number of hydrogen-bond acceptors (Lipinski definition) is 2. The van der Waals surface area contributed by atoms with Gasteiger partial charge >= 0.3 is 0 Å². The van der Waals surface area contributed by atoms with Crippen molar-refractivity contribution in [1.82, 2.24) is 5.32 Å². The van der Waals surface area contributed by atoms with Crippen LogP contribution in [0.25, 0.3) is 10.8 Å². The number of hydrogen-bond donors (Lipinski definition) is 1. The molecule has 0 aliphatic heterocycles. The highest BCUT2D eigenvalue weighted by Crippen LogP contribution is 2.32. The molecule has 3 aromatic carbocycles. The highest BCUT2D eigenvalue weighted by atomic mass is 19.1. The van der Waals surface area contributed by atoms with E-state index in [0.717, 1.165) is 16.5 Å². The van der Waals surface area contributed by atoms with Crippen LogP contribution in [0.2, 0.25) is 0 Å². The minimum atomic E-state index is -0.262. The first kappa shape index (κ1) is 13.6. The molecule has 3 rings (SSSR count). The lowest BCUT2D eigenvalue weighted by Gasteiger charge is -2.13. The fourth-order valence-corrected chi connectivity index (χ4v) is 2.39. The van der Waals surface area contributed by atoms with E-state index in [-0.39, 0.29) is 5.82 Å². The van der Waals surface area contributed by atoms with Crippen molar-refractivity contribution in [2.75, 3.05) is 7.05 Å². The number of ether oxygens (including phenoxy) is 1. The average molecular weight is 281 g/mol. The monoisotopic (exact) mass is 281 g/mol. The second kappa shape index (κ2) is 5.94. The van der Waals surface area contributed by atoms with E-state index in [4.69, 9.17) is 4.74 Å². The van der Waals surface area contributed by atoms with Gasteiger partial charge in [-0.1, -0.05) is 42.5 Å². The first-order valence-electron chi connectivity index (χ1n) is 6.87. The third kappa shape index (κ3) is 2.73. The molecule has 0 atom stereocenters. The van der Waals surface area contributed by atoms with Crippen LogP contribution < -0.4 is 10.1 Å². The molecule has 0 aliphatic carbocycles. The van der Waals surface area contributed by atoms with Crippen molar-refractivity contribution in [3.05, 3.63) is 72.0 Å². The Morgan fingerprint density at radius 1 is 0.905 bits per heavy atom. The normalized spacial score (nSPS) is 10.8. The molecule has 0 heterocycles. The van der Waals surface area contributed by atoms with Gasteiger partial charge in [0.05, 0.1) is 0 Å². The Bertz CT molecular complexity index is 765. The second-order valence-electron chi connectivity index (χ2n) is 4.83. The van der Waals surface area contributed by atoms with Gasteiger partial charge in [-0.15, -0.1) is 0 Å². The molecule has 2 nitrogen and oxygen atoms in total. The number of benzene rings is 3. The maximum atomic E-state index is 13.9. The molecule has 0 unspecified atom stereocenters. The van der Waals surface area contributed by atoms with Crippen molar-refractivity contribution in [2.24, 2.45) is 0 Å². The van der Waals surface area contributed by atoms with Gasteiger partial charge in [0.1, 0.15) is 17.3 Å². The van der Waals surface area contributed by atoms with Crippen molar-refractivity contribution >= 4 is 10.8 Å². The van der Waals surface area contributed by atoms with Crippen molar-refractivity contribution in [3.63, 3.8) is 0 Å². The van der Waals surface area contributed by atoms with Crippen molar-refractivity contribution in [3.8, 4) is 11.5 Å². The molecule has 1 N–H and O–H groups in total. The molecule has 0 spiro atoms. The van der Waals surface area contributed by atoms with Crippen molar-refractivity contribution in [2.45, 2.75) is 6.54 Å². The molecule has 0 saturated heterocycles. The highest BCUT2D eigenvalue weighted by Gasteiger charge is 2.11. The lowest BCUT2D eigenvalue weighted by molar-refractivity contribution is 0.469. The summed E-state index contributed by atoms with van der Waals surface area (Å²) in [4.78, 5) is 0. The summed E-state index contributed by atoms with van der Waals surface area (Å²) in [7, 11) is 1.79. The van der Waals surface area contributed by atoms with Crippen molar-refractivity contribution in [1.29, 1.82) is 0 Å². The van der Waals surface area contributed by atoms with Gasteiger partial charge in [-0.25, -0.2) is 4.39 Å². The van der Waals surface area contributed by atoms with E-state index in [1.54, 1.807) is 19.2 Å². The predicted octanol–water partition coefficient (Wildman–Crippen LogP) is 4.49. The molecule has 0 aromatic heterocycles. The standard InChI is InChI=1S/C18H16FNO/c1-20-12-15-16(19)9-5-11-18(15)21-17-10-4-7-13-6-2-3-8-14(13)17/h2-11,20H,12H2,1H3. The van der Waals surface area contributed by atoms with Crippen LogP contribution in [-0.2, 0) is 6.54 Å². The largest absolute Gasteiger partial charge is 0.456 e. The zero-order valence-electron chi connectivity index (χ0n) is 11.8. The third-order valence-electron chi connectivity index (χ3n) is 3.40. The van der Waals surface area contributed by atoms with E-state index >= 15 is 0 Å². The summed E-state index contributed by atoms with van der Waals surface area (Å²) in [5.41, 5.74) is 0.535. The van der Waals surface area contributed by atoms with Crippen LogP contribution in [-0.4, -0.2) is 7.05 Å². The Kier molecular flexibility index (Phi) is 3.84. The van der Waals surface area contributed by atoms with Crippen molar-refractivity contribution < 1.29 is 9.13 Å². The molecule has 3 heteroatoms. The van der Waals surface area contributed by atoms with Gasteiger partial charge in [0.2, 0.25) is 0 Å². The Morgan fingerprint density at radius 3 is 2.48 bits per heavy atom. The smallest absolute Gasteiger partial charge is 0.135 e. The van der Waals surface area contributed by atoms with E-state index in [1.807, 2.05) is 42.5 Å². The molecule has 0 radical (unpaired) electrons. The summed E-state index contributed by atoms with van der Waals surface area (Å²) in [5, 5.41) is 5.08. The predicted molar refractivity (Wildman–Crippen MR) is 83.2 cm³/mol. The van der Waals surface area contributed by atoms with Crippen LogP contribution >= 0.6 is 0 Å². The Balaban J connectivity index is 2.05. The Labute approximate surface area is 123 Å². The van der Waals surface area contributed by atoms with Gasteiger partial charge in [0.25, 0.3) is 0 Å². The van der Waals surface area contributed by atoms with Gasteiger partial charge < -0.3 is 10.1 Å². The molecule has 3 aromatic rings. The SMILES string of the molecule is CNCc1c(F)cccc1Oc1cccc2ccccc12. The summed E-state index contributed by atoms with van der Waals surface area (Å²) in [6.45, 7) is 0.423. The fourth-order valence-electron chi connectivity index (χ4n) is 2.39. The minimum Gasteiger partial charge on any atom is -0.456 e. The van der Waals surface area contributed by atoms with E-state index in [9.17, 15) is 4.39 Å². The van der Waals surface area contributed by atoms with Crippen LogP contribution in [0.3, 0.4) is 0 Å². The maximum absolute atomic E-state index is 13.9. The Morgan fingerprint density at radius 2 is 1.62 bits per heavy atom. The highest BCUT2D eigenvalue weighted by molar-refractivity contribution is 5.88. The number of nitrogens with one attached hydrogen (secondary N) is 1. The van der Waals surface area contributed by atoms with E-state index in [0.29, 0.717) is 17.9 Å². The second-order valence-corrected chi connectivity index (χ2v) is 4.83. The van der Waals surface area contributed by atoms with Crippen LogP contribution in [0, 0.1) is 5.82 Å². The Hall–Kier alpha value is -2.39. The maximum Gasteiger partial charge on any atom is 0.135 e. The van der Waals surface area contributed by atoms with Crippen LogP contribution in [0.4, 0.5) is 4.39 Å². The lowest BCUT2D eigenvalue weighted by Crippen LogP contribution is -2.08. The van der Waals surface area contributed by atoms with Gasteiger partial charge in [0, 0.05) is 17.5 Å². The van der Waals surface area contributed by atoms with E-state index in [2.05, 4.69) is 5.32 Å². The number of rotatable bonds is 4. The van der Waals surface area contributed by atoms with E-state index in [1.165, 1.54) is 6.07 Å². The molecule has 106 valence electrons. The molecule has 0 amide bonds. The molecule has 0 fully saturated rings. The van der Waals surface area contributed by atoms with Gasteiger partial charge in [-0.2, -0.15) is 0 Å². The van der Waals surface area contributed by atoms with Gasteiger partial charge in [0.15, 0.2) is 0 Å². The van der Waals surface area contributed by atoms with E-state index < -0.39 is 0 Å². The van der Waals surface area contributed by atoms with Gasteiger partial charge in [-0.05, 0) is 30.6 Å². The van der Waals surface area contributed by atoms with Crippen LogP contribution in [0.15, 0.2) is 60.7 Å². The van der Waals surface area contributed by atoms with Crippen LogP contribution in [0.1, 0.15) is 5.56 Å². The summed E-state index contributed by atoms with van der Waals surface area (Å²) in [6, 6.07) is 18.8.